The van der Waals surface area contributed by atoms with Crippen molar-refractivity contribution in [3.63, 3.8) is 0 Å². The molecule has 0 aliphatic rings. The van der Waals surface area contributed by atoms with Gasteiger partial charge in [-0.3, -0.25) is 9.69 Å². The van der Waals surface area contributed by atoms with Crippen LogP contribution in [0.5, 0.6) is 5.75 Å². The molecule has 0 aliphatic heterocycles. The molecule has 5 heteroatoms. The van der Waals surface area contributed by atoms with E-state index in [4.69, 9.17) is 9.72 Å². The van der Waals surface area contributed by atoms with Gasteiger partial charge in [0.15, 0.2) is 5.13 Å². The van der Waals surface area contributed by atoms with Gasteiger partial charge in [-0.25, -0.2) is 4.98 Å². The van der Waals surface area contributed by atoms with Gasteiger partial charge >= 0.3 is 0 Å². The van der Waals surface area contributed by atoms with Gasteiger partial charge in [0.05, 0.1) is 28.9 Å². The van der Waals surface area contributed by atoms with Gasteiger partial charge in [0.1, 0.15) is 5.75 Å². The molecule has 1 amide bonds. The molecule has 0 unspecified atom stereocenters. The van der Waals surface area contributed by atoms with Gasteiger partial charge in [-0.05, 0) is 73.9 Å². The molecule has 0 aliphatic carbocycles. The van der Waals surface area contributed by atoms with Crippen molar-refractivity contribution >= 4 is 38.3 Å². The van der Waals surface area contributed by atoms with Crippen molar-refractivity contribution in [2.45, 2.75) is 27.2 Å². The van der Waals surface area contributed by atoms with E-state index in [1.807, 2.05) is 61.5 Å². The molecular weight excluding hydrogens is 392 g/mol. The van der Waals surface area contributed by atoms with Crippen molar-refractivity contribution in [1.29, 1.82) is 0 Å². The number of carbonyl (C=O) groups excluding carboxylic acids is 1. The SMILES string of the molecule is CCOc1ccc(N(C(=O)Cc2ccc(C)c(C)c2)c2nc3ccccc3s2)cc1. The fourth-order valence-electron chi connectivity index (χ4n) is 3.34. The van der Waals surface area contributed by atoms with Gasteiger partial charge in [-0.2, -0.15) is 0 Å². The lowest BCUT2D eigenvalue weighted by molar-refractivity contribution is -0.117. The first-order valence-corrected chi connectivity index (χ1v) is 10.8. The molecule has 1 heterocycles. The first-order chi connectivity index (χ1) is 14.5. The molecule has 0 atom stereocenters. The Balaban J connectivity index is 1.72. The van der Waals surface area contributed by atoms with Crippen LogP contribution in [0.1, 0.15) is 23.6 Å². The lowest BCUT2D eigenvalue weighted by atomic mass is 10.0. The highest BCUT2D eigenvalue weighted by atomic mass is 32.1. The van der Waals surface area contributed by atoms with Gasteiger partial charge in [0, 0.05) is 0 Å². The molecule has 30 heavy (non-hydrogen) atoms. The number of ether oxygens (including phenoxy) is 1. The Morgan fingerprint density at radius 1 is 1.00 bits per heavy atom. The summed E-state index contributed by atoms with van der Waals surface area (Å²) in [6.45, 7) is 6.70. The van der Waals surface area contributed by atoms with Crippen molar-refractivity contribution in [2.24, 2.45) is 0 Å². The molecule has 0 fully saturated rings. The van der Waals surface area contributed by atoms with Crippen LogP contribution < -0.4 is 9.64 Å². The van der Waals surface area contributed by atoms with E-state index < -0.39 is 0 Å². The van der Waals surface area contributed by atoms with Crippen LogP contribution in [0.15, 0.2) is 66.7 Å². The molecule has 0 bridgehead atoms. The van der Waals surface area contributed by atoms with E-state index in [0.717, 1.165) is 27.2 Å². The van der Waals surface area contributed by atoms with Crippen LogP contribution in [-0.4, -0.2) is 17.5 Å². The Kier molecular flexibility index (Phi) is 5.81. The molecule has 4 rings (SSSR count). The molecular formula is C25H24N2O2S. The van der Waals surface area contributed by atoms with Gasteiger partial charge in [0.2, 0.25) is 5.91 Å². The van der Waals surface area contributed by atoms with Gasteiger partial charge in [-0.15, -0.1) is 0 Å². The third-order valence-corrected chi connectivity index (χ3v) is 6.08. The number of fused-ring (bicyclic) bond motifs is 1. The number of carbonyl (C=O) groups is 1. The van der Waals surface area contributed by atoms with Crippen molar-refractivity contribution in [1.82, 2.24) is 4.98 Å². The number of nitrogens with zero attached hydrogens (tertiary/aromatic N) is 2. The third kappa shape index (κ3) is 4.21. The number of aryl methyl sites for hydroxylation is 2. The highest BCUT2D eigenvalue weighted by Gasteiger charge is 2.22. The smallest absolute Gasteiger partial charge is 0.237 e. The first-order valence-electron chi connectivity index (χ1n) is 10.0. The van der Waals surface area contributed by atoms with Gasteiger partial charge < -0.3 is 4.74 Å². The number of hydrogen-bond donors (Lipinski definition) is 0. The maximum atomic E-state index is 13.5. The number of hydrogen-bond acceptors (Lipinski definition) is 4. The first kappa shape index (κ1) is 20.1. The molecule has 152 valence electrons. The Bertz CT molecular complexity index is 1150. The van der Waals surface area contributed by atoms with Crippen molar-refractivity contribution in [3.05, 3.63) is 83.4 Å². The van der Waals surface area contributed by atoms with Crippen molar-refractivity contribution in [3.8, 4) is 5.75 Å². The number of rotatable bonds is 6. The molecule has 4 nitrogen and oxygen atoms in total. The minimum atomic E-state index is -0.0125. The number of aromatic nitrogens is 1. The van der Waals surface area contributed by atoms with Gasteiger partial charge in [-0.1, -0.05) is 41.7 Å². The van der Waals surface area contributed by atoms with E-state index in [2.05, 4.69) is 26.0 Å². The number of amides is 1. The summed E-state index contributed by atoms with van der Waals surface area (Å²) in [7, 11) is 0. The average molecular weight is 417 g/mol. The number of benzene rings is 3. The summed E-state index contributed by atoms with van der Waals surface area (Å²) in [5, 5.41) is 0.675. The second kappa shape index (κ2) is 8.67. The predicted octanol–water partition coefficient (Wildman–Crippen LogP) is 6.22. The molecule has 0 saturated heterocycles. The van der Waals surface area contributed by atoms with E-state index in [0.29, 0.717) is 18.2 Å². The highest BCUT2D eigenvalue weighted by molar-refractivity contribution is 7.22. The minimum absolute atomic E-state index is 0.0125. The molecule has 4 aromatic rings. The standard InChI is InChI=1S/C25H24N2O2S/c1-4-29-21-13-11-20(12-14-21)27(25-26-22-7-5-6-8-23(22)30-25)24(28)16-19-10-9-17(2)18(3)15-19/h5-15H,4,16H2,1-3H3. The third-order valence-electron chi connectivity index (χ3n) is 5.06. The Hall–Kier alpha value is -3.18. The maximum absolute atomic E-state index is 13.5. The number of anilines is 2. The second-order valence-corrected chi connectivity index (χ2v) is 8.22. The zero-order valence-corrected chi connectivity index (χ0v) is 18.2. The summed E-state index contributed by atoms with van der Waals surface area (Å²) in [5.41, 5.74) is 5.09. The summed E-state index contributed by atoms with van der Waals surface area (Å²) in [5.74, 6) is 0.772. The Morgan fingerprint density at radius 3 is 2.47 bits per heavy atom. The molecule has 1 aromatic heterocycles. The zero-order valence-electron chi connectivity index (χ0n) is 17.4. The average Bonchev–Trinajstić information content (AvgIpc) is 3.16. The topological polar surface area (TPSA) is 42.4 Å². The minimum Gasteiger partial charge on any atom is -0.494 e. The van der Waals surface area contributed by atoms with E-state index in [9.17, 15) is 4.79 Å². The normalized spacial score (nSPS) is 10.9. The van der Waals surface area contributed by atoms with Crippen LogP contribution in [0, 0.1) is 13.8 Å². The van der Waals surface area contributed by atoms with E-state index >= 15 is 0 Å². The van der Waals surface area contributed by atoms with Gasteiger partial charge in [0.25, 0.3) is 0 Å². The van der Waals surface area contributed by atoms with Crippen LogP contribution in [0.3, 0.4) is 0 Å². The number of para-hydroxylation sites is 1. The van der Waals surface area contributed by atoms with Crippen molar-refractivity contribution < 1.29 is 9.53 Å². The monoisotopic (exact) mass is 416 g/mol. The quantitative estimate of drug-likeness (QED) is 0.375. The van der Waals surface area contributed by atoms with Crippen LogP contribution in [0.25, 0.3) is 10.2 Å². The molecule has 3 aromatic carbocycles. The van der Waals surface area contributed by atoms with Crippen LogP contribution in [-0.2, 0) is 11.2 Å². The lowest BCUT2D eigenvalue weighted by Gasteiger charge is -2.20. The number of thiazole rings is 1. The summed E-state index contributed by atoms with van der Waals surface area (Å²) >= 11 is 1.52. The zero-order chi connectivity index (χ0) is 21.1. The second-order valence-electron chi connectivity index (χ2n) is 7.22. The largest absolute Gasteiger partial charge is 0.494 e. The van der Waals surface area contributed by atoms with E-state index in [1.165, 1.54) is 22.5 Å². The Morgan fingerprint density at radius 2 is 1.77 bits per heavy atom. The van der Waals surface area contributed by atoms with Crippen molar-refractivity contribution in [2.75, 3.05) is 11.5 Å². The fourth-order valence-corrected chi connectivity index (χ4v) is 4.35. The summed E-state index contributed by atoms with van der Waals surface area (Å²) in [6.07, 6.45) is 0.310. The maximum Gasteiger partial charge on any atom is 0.237 e. The highest BCUT2D eigenvalue weighted by Crippen LogP contribution is 2.34. The van der Waals surface area contributed by atoms with E-state index in [-0.39, 0.29) is 5.91 Å². The Labute approximate surface area is 180 Å². The predicted molar refractivity (Wildman–Crippen MR) is 124 cm³/mol. The summed E-state index contributed by atoms with van der Waals surface area (Å²) in [4.78, 5) is 19.9. The molecule has 0 saturated carbocycles. The lowest BCUT2D eigenvalue weighted by Crippen LogP contribution is -2.27. The fraction of sp³-hybridized carbons (Fsp3) is 0.200. The van der Waals surface area contributed by atoms with E-state index in [1.54, 1.807) is 4.90 Å². The molecule has 0 spiro atoms. The summed E-state index contributed by atoms with van der Waals surface area (Å²) in [6, 6.07) is 21.7. The summed E-state index contributed by atoms with van der Waals surface area (Å²) < 4.78 is 6.62. The van der Waals surface area contributed by atoms with Crippen LogP contribution >= 0.6 is 11.3 Å². The van der Waals surface area contributed by atoms with Crippen LogP contribution in [0.2, 0.25) is 0 Å². The molecule has 0 N–H and O–H groups in total. The molecule has 0 radical (unpaired) electrons. The van der Waals surface area contributed by atoms with Crippen LogP contribution in [0.4, 0.5) is 10.8 Å².